The highest BCUT2D eigenvalue weighted by molar-refractivity contribution is 5.89. The molecule has 2 amide bonds. The number of nitrogens with zero attached hydrogens (tertiary/aromatic N) is 1. The molecule has 4 aliphatic rings. The first kappa shape index (κ1) is 25.4. The number of carbonyl (C=O) groups excluding carboxylic acids is 1. The van der Waals surface area contributed by atoms with E-state index in [0.717, 1.165) is 67.7 Å². The van der Waals surface area contributed by atoms with Crippen molar-refractivity contribution in [2.24, 2.45) is 11.8 Å². The smallest absolute Gasteiger partial charge is 0.319 e. The first-order valence-electron chi connectivity index (χ1n) is 13.9. The fourth-order valence-electron chi connectivity index (χ4n) is 8.14. The van der Waals surface area contributed by atoms with Crippen LogP contribution in [-0.4, -0.2) is 49.8 Å². The average Bonchev–Trinajstić information content (AvgIpc) is 3.65. The molecule has 0 spiro atoms. The van der Waals surface area contributed by atoms with Crippen molar-refractivity contribution < 1.29 is 23.0 Å². The van der Waals surface area contributed by atoms with Crippen molar-refractivity contribution in [2.45, 2.75) is 74.9 Å². The summed E-state index contributed by atoms with van der Waals surface area (Å²) in [5, 5.41) is 5.80. The van der Waals surface area contributed by atoms with E-state index in [0.29, 0.717) is 12.1 Å². The molecule has 2 N–H and O–H groups in total. The summed E-state index contributed by atoms with van der Waals surface area (Å²) < 4.78 is 38.1. The van der Waals surface area contributed by atoms with Gasteiger partial charge in [-0.25, -0.2) is 13.6 Å². The Labute approximate surface area is 223 Å². The van der Waals surface area contributed by atoms with E-state index in [-0.39, 0.29) is 23.2 Å². The Hall–Kier alpha value is -2.87. The third-order valence-electron chi connectivity index (χ3n) is 9.90. The molecule has 0 radical (unpaired) electrons. The third-order valence-corrected chi connectivity index (χ3v) is 9.90. The molecule has 6 nitrogen and oxygen atoms in total. The number of hydrogen-bond donors (Lipinski definition) is 2. The van der Waals surface area contributed by atoms with Gasteiger partial charge in [-0.1, -0.05) is 12.5 Å². The maximum Gasteiger partial charge on any atom is 0.319 e. The molecule has 0 aromatic heterocycles. The van der Waals surface area contributed by atoms with Crippen LogP contribution in [0, 0.1) is 23.5 Å². The lowest BCUT2D eigenvalue weighted by Gasteiger charge is -2.48. The predicted molar refractivity (Wildman–Crippen MR) is 142 cm³/mol. The summed E-state index contributed by atoms with van der Waals surface area (Å²) in [6, 6.07) is 10.3. The van der Waals surface area contributed by atoms with Crippen LogP contribution < -0.4 is 20.1 Å². The molecule has 3 unspecified atom stereocenters. The van der Waals surface area contributed by atoms with Crippen LogP contribution in [0.2, 0.25) is 0 Å². The Balaban J connectivity index is 1.24. The number of nitrogens with one attached hydrogen (secondary N) is 2. The van der Waals surface area contributed by atoms with Gasteiger partial charge in [0, 0.05) is 35.3 Å². The number of anilines is 1. The molecular formula is C30H37F2N3O3. The van der Waals surface area contributed by atoms with Crippen LogP contribution in [0.4, 0.5) is 19.3 Å². The summed E-state index contributed by atoms with van der Waals surface area (Å²) in [5.41, 5.74) is 1.52. The van der Waals surface area contributed by atoms with Crippen molar-refractivity contribution in [1.29, 1.82) is 0 Å². The molecule has 4 fully saturated rings. The molecule has 6 atom stereocenters. The molecular weight excluding hydrogens is 488 g/mol. The van der Waals surface area contributed by atoms with Crippen molar-refractivity contribution in [3.63, 3.8) is 0 Å². The van der Waals surface area contributed by atoms with Gasteiger partial charge in [-0.3, -0.25) is 4.90 Å². The molecule has 204 valence electrons. The van der Waals surface area contributed by atoms with Crippen LogP contribution in [0.1, 0.15) is 56.9 Å². The van der Waals surface area contributed by atoms with E-state index < -0.39 is 11.6 Å². The minimum atomic E-state index is -0.979. The lowest BCUT2D eigenvalue weighted by atomic mass is 9.64. The summed E-state index contributed by atoms with van der Waals surface area (Å²) in [6.45, 7) is 1.07. The van der Waals surface area contributed by atoms with Crippen molar-refractivity contribution in [3.05, 3.63) is 53.6 Å². The number of carbonyl (C=O) groups is 1. The molecule has 1 aliphatic heterocycles. The van der Waals surface area contributed by atoms with E-state index in [9.17, 15) is 13.6 Å². The Morgan fingerprint density at radius 2 is 1.79 bits per heavy atom. The molecule has 2 aromatic carbocycles. The molecule has 1 saturated heterocycles. The van der Waals surface area contributed by atoms with Gasteiger partial charge in [0.05, 0.1) is 14.2 Å². The van der Waals surface area contributed by atoms with Crippen LogP contribution in [0.5, 0.6) is 11.5 Å². The quantitative estimate of drug-likeness (QED) is 0.496. The zero-order chi connectivity index (χ0) is 26.4. The standard InChI is InChI=1S/C30H37F2N3O3/c1-37-26-8-5-20(15-27(26)38-2)30-10-9-22(34-29(36)33-21-6-7-23(31)24(32)16-21)17-28(30)35(12-11-30)25-14-18-3-4-19(25)13-18/h5-8,15-16,18-19,22,25,28H,3-4,9-14,17H2,1-2H3,(H2,33,34,36)/t18?,19?,22-,25?,28+,30-/m0/s1. The van der Waals surface area contributed by atoms with E-state index in [1.54, 1.807) is 14.2 Å². The largest absolute Gasteiger partial charge is 0.493 e. The first-order valence-corrected chi connectivity index (χ1v) is 13.9. The van der Waals surface area contributed by atoms with Crippen molar-refractivity contribution >= 4 is 11.7 Å². The molecule has 3 saturated carbocycles. The molecule has 3 aliphatic carbocycles. The molecule has 2 bridgehead atoms. The number of likely N-dealkylation sites (tertiary alicyclic amines) is 1. The van der Waals surface area contributed by atoms with Gasteiger partial charge in [0.2, 0.25) is 0 Å². The third kappa shape index (κ3) is 4.40. The monoisotopic (exact) mass is 525 g/mol. The minimum Gasteiger partial charge on any atom is -0.493 e. The zero-order valence-corrected chi connectivity index (χ0v) is 22.1. The Morgan fingerprint density at radius 3 is 2.50 bits per heavy atom. The fraction of sp³-hybridized carbons (Fsp3) is 0.567. The van der Waals surface area contributed by atoms with Gasteiger partial charge in [-0.05, 0) is 93.2 Å². The van der Waals surface area contributed by atoms with E-state index in [1.807, 2.05) is 6.07 Å². The summed E-state index contributed by atoms with van der Waals surface area (Å²) in [7, 11) is 3.34. The lowest BCUT2D eigenvalue weighted by Crippen LogP contribution is -2.55. The number of urea groups is 1. The number of rotatable bonds is 6. The van der Waals surface area contributed by atoms with E-state index in [2.05, 4.69) is 27.7 Å². The maximum absolute atomic E-state index is 13.6. The second-order valence-electron chi connectivity index (χ2n) is 11.7. The second kappa shape index (κ2) is 10.0. The van der Waals surface area contributed by atoms with Gasteiger partial charge in [0.1, 0.15) is 0 Å². The molecule has 38 heavy (non-hydrogen) atoms. The molecule has 8 heteroatoms. The van der Waals surface area contributed by atoms with E-state index in [4.69, 9.17) is 9.47 Å². The SMILES string of the molecule is COc1ccc([C@@]23CC[C@H](NC(=O)Nc4ccc(F)c(F)c4)C[C@H]2N(C2CC4CCC2C4)CC3)cc1OC. The van der Waals surface area contributed by atoms with E-state index in [1.165, 1.54) is 37.3 Å². The molecule has 1 heterocycles. The highest BCUT2D eigenvalue weighted by atomic mass is 19.2. The van der Waals surface area contributed by atoms with Gasteiger partial charge >= 0.3 is 6.03 Å². The second-order valence-corrected chi connectivity index (χ2v) is 11.7. The summed E-state index contributed by atoms with van der Waals surface area (Å²) in [5.74, 6) is 1.22. The number of benzene rings is 2. The van der Waals surface area contributed by atoms with Crippen molar-refractivity contribution in [2.75, 3.05) is 26.1 Å². The first-order chi connectivity index (χ1) is 18.4. The topological polar surface area (TPSA) is 62.8 Å². The molecule has 6 rings (SSSR count). The lowest BCUT2D eigenvalue weighted by molar-refractivity contribution is 0.0744. The Morgan fingerprint density at radius 1 is 0.947 bits per heavy atom. The normalized spacial score (nSPS) is 32.2. The molecule has 2 aromatic rings. The van der Waals surface area contributed by atoms with Crippen molar-refractivity contribution in [3.8, 4) is 11.5 Å². The van der Waals surface area contributed by atoms with Gasteiger partial charge in [-0.2, -0.15) is 0 Å². The Bertz CT molecular complexity index is 1210. The maximum atomic E-state index is 13.6. The average molecular weight is 526 g/mol. The number of ether oxygens (including phenoxy) is 2. The Kier molecular flexibility index (Phi) is 6.70. The van der Waals surface area contributed by atoms with Crippen molar-refractivity contribution in [1.82, 2.24) is 10.2 Å². The number of halogens is 2. The van der Waals surface area contributed by atoms with Gasteiger partial charge in [-0.15, -0.1) is 0 Å². The van der Waals surface area contributed by atoms with E-state index >= 15 is 0 Å². The highest BCUT2D eigenvalue weighted by Gasteiger charge is 2.56. The van der Waals surface area contributed by atoms with Crippen LogP contribution >= 0.6 is 0 Å². The van der Waals surface area contributed by atoms with Gasteiger partial charge in [0.15, 0.2) is 23.1 Å². The zero-order valence-electron chi connectivity index (χ0n) is 22.1. The van der Waals surface area contributed by atoms with Crippen LogP contribution in [0.3, 0.4) is 0 Å². The van der Waals surface area contributed by atoms with Crippen LogP contribution in [0.25, 0.3) is 0 Å². The minimum absolute atomic E-state index is 0.00208. The summed E-state index contributed by atoms with van der Waals surface area (Å²) >= 11 is 0. The summed E-state index contributed by atoms with van der Waals surface area (Å²) in [6.07, 6.45) is 9.10. The fourth-order valence-corrected chi connectivity index (χ4v) is 8.14. The van der Waals surface area contributed by atoms with Crippen LogP contribution in [-0.2, 0) is 5.41 Å². The highest BCUT2D eigenvalue weighted by Crippen LogP contribution is 2.55. The van der Waals surface area contributed by atoms with Gasteiger partial charge in [0.25, 0.3) is 0 Å². The summed E-state index contributed by atoms with van der Waals surface area (Å²) in [4.78, 5) is 15.6. The number of fused-ring (bicyclic) bond motifs is 3. The number of hydrogen-bond acceptors (Lipinski definition) is 4. The number of methoxy groups -OCH3 is 2. The van der Waals surface area contributed by atoms with Gasteiger partial charge < -0.3 is 20.1 Å². The van der Waals surface area contributed by atoms with Crippen LogP contribution in [0.15, 0.2) is 36.4 Å². The number of amides is 2. The predicted octanol–water partition coefficient (Wildman–Crippen LogP) is 5.86.